The molecule has 0 atom stereocenters. The van der Waals surface area contributed by atoms with Crippen LogP contribution < -0.4 is 0 Å². The molecule has 0 fully saturated rings. The number of hydrogen-bond acceptors (Lipinski definition) is 6. The molecule has 0 bridgehead atoms. The fraction of sp³-hybridized carbons (Fsp3) is 0.462. The van der Waals surface area contributed by atoms with E-state index in [4.69, 9.17) is 0 Å². The van der Waals surface area contributed by atoms with Gasteiger partial charge in [-0.05, 0) is 25.5 Å². The van der Waals surface area contributed by atoms with Crippen LogP contribution in [0.1, 0.15) is 33.7 Å². The molecule has 0 radical (unpaired) electrons. The Morgan fingerprint density at radius 2 is 2.25 bits per heavy atom. The molecule has 0 saturated heterocycles. The number of thioether (sulfide) groups is 1. The van der Waals surface area contributed by atoms with E-state index >= 15 is 0 Å². The van der Waals surface area contributed by atoms with Crippen LogP contribution in [0.4, 0.5) is 0 Å². The van der Waals surface area contributed by atoms with Crippen LogP contribution in [-0.2, 0) is 13.2 Å². The Hall–Kier alpha value is -1.18. The molecule has 0 aliphatic carbocycles. The zero-order valence-corrected chi connectivity index (χ0v) is 13.1. The Morgan fingerprint density at radius 3 is 2.85 bits per heavy atom. The van der Waals surface area contributed by atoms with Crippen molar-refractivity contribution >= 4 is 28.9 Å². The summed E-state index contributed by atoms with van der Waals surface area (Å²) < 4.78 is 1.87. The topological polar surface area (TPSA) is 68.0 Å². The second-order valence-corrected chi connectivity index (χ2v) is 6.56. The molecule has 0 aliphatic heterocycles. The second kappa shape index (κ2) is 7.01. The average Bonchev–Trinajstić information content (AvgIpc) is 3.03. The smallest absolute Gasteiger partial charge is 0.191 e. The minimum Gasteiger partial charge on any atom is -0.388 e. The summed E-state index contributed by atoms with van der Waals surface area (Å²) in [5.41, 5.74) is 0. The Labute approximate surface area is 126 Å². The van der Waals surface area contributed by atoms with Gasteiger partial charge in [0.25, 0.3) is 0 Å². The third-order valence-corrected chi connectivity index (χ3v) is 4.74. The summed E-state index contributed by atoms with van der Waals surface area (Å²) in [5.74, 6) is 0.992. The van der Waals surface area contributed by atoms with E-state index in [0.29, 0.717) is 16.7 Å². The van der Waals surface area contributed by atoms with E-state index in [1.165, 1.54) is 23.1 Å². The number of aliphatic hydroxyl groups is 1. The van der Waals surface area contributed by atoms with Crippen molar-refractivity contribution < 1.29 is 9.90 Å². The number of carbonyl (C=O) groups is 1. The number of Topliss-reactive ketones (excluding diaryl/α,β-unsaturated/α-hetero) is 1. The zero-order chi connectivity index (χ0) is 14.5. The van der Waals surface area contributed by atoms with E-state index in [1.807, 2.05) is 23.6 Å². The molecule has 0 spiro atoms. The molecule has 0 unspecified atom stereocenters. The SMILES string of the molecule is CCCn1c(CO)nnc1SCC(=O)c1ccc(C)s1. The number of nitrogens with zero attached hydrogens (tertiary/aromatic N) is 3. The normalized spacial score (nSPS) is 10.9. The number of thiophene rings is 1. The molecule has 2 aromatic heterocycles. The predicted molar refractivity (Wildman–Crippen MR) is 80.3 cm³/mol. The van der Waals surface area contributed by atoms with Crippen molar-refractivity contribution in [1.29, 1.82) is 0 Å². The van der Waals surface area contributed by atoms with Crippen LogP contribution in [0.3, 0.4) is 0 Å². The summed E-state index contributed by atoms with van der Waals surface area (Å²) in [6, 6.07) is 3.81. The third kappa shape index (κ3) is 3.47. The van der Waals surface area contributed by atoms with Crippen molar-refractivity contribution in [2.24, 2.45) is 0 Å². The van der Waals surface area contributed by atoms with Crippen LogP contribution in [0.5, 0.6) is 0 Å². The largest absolute Gasteiger partial charge is 0.388 e. The lowest BCUT2D eigenvalue weighted by Gasteiger charge is -2.06. The van der Waals surface area contributed by atoms with E-state index in [1.54, 1.807) is 0 Å². The first-order chi connectivity index (χ1) is 9.65. The van der Waals surface area contributed by atoms with E-state index in [2.05, 4.69) is 17.1 Å². The summed E-state index contributed by atoms with van der Waals surface area (Å²) in [6.45, 7) is 4.65. The molecule has 108 valence electrons. The standard InChI is InChI=1S/C13H17N3O2S2/c1-3-6-16-12(7-17)14-15-13(16)19-8-10(18)11-5-4-9(2)20-11/h4-5,17H,3,6-8H2,1-2H3. The lowest BCUT2D eigenvalue weighted by molar-refractivity contribution is 0.102. The van der Waals surface area contributed by atoms with Crippen LogP contribution in [-0.4, -0.2) is 31.4 Å². The number of aryl methyl sites for hydroxylation is 1. The van der Waals surface area contributed by atoms with Gasteiger partial charge in [-0.2, -0.15) is 0 Å². The van der Waals surface area contributed by atoms with Gasteiger partial charge in [0.1, 0.15) is 6.61 Å². The zero-order valence-electron chi connectivity index (χ0n) is 11.5. The maximum atomic E-state index is 12.1. The monoisotopic (exact) mass is 311 g/mol. The average molecular weight is 311 g/mol. The number of carbonyl (C=O) groups excluding carboxylic acids is 1. The molecule has 5 nitrogen and oxygen atoms in total. The highest BCUT2D eigenvalue weighted by Crippen LogP contribution is 2.22. The van der Waals surface area contributed by atoms with Gasteiger partial charge in [-0.3, -0.25) is 4.79 Å². The third-order valence-electron chi connectivity index (χ3n) is 2.73. The number of aliphatic hydroxyl groups excluding tert-OH is 1. The van der Waals surface area contributed by atoms with Gasteiger partial charge in [-0.1, -0.05) is 18.7 Å². The van der Waals surface area contributed by atoms with Gasteiger partial charge in [-0.15, -0.1) is 21.5 Å². The maximum Gasteiger partial charge on any atom is 0.191 e. The van der Waals surface area contributed by atoms with E-state index < -0.39 is 0 Å². The van der Waals surface area contributed by atoms with Crippen molar-refractivity contribution in [1.82, 2.24) is 14.8 Å². The van der Waals surface area contributed by atoms with Crippen LogP contribution in [0.2, 0.25) is 0 Å². The van der Waals surface area contributed by atoms with Gasteiger partial charge in [0.05, 0.1) is 10.6 Å². The molecular weight excluding hydrogens is 294 g/mol. The summed E-state index contributed by atoms with van der Waals surface area (Å²) >= 11 is 2.88. The molecule has 0 aromatic carbocycles. The summed E-state index contributed by atoms with van der Waals surface area (Å²) in [7, 11) is 0. The maximum absolute atomic E-state index is 12.1. The van der Waals surface area contributed by atoms with Gasteiger partial charge in [0, 0.05) is 11.4 Å². The van der Waals surface area contributed by atoms with Gasteiger partial charge in [0.15, 0.2) is 16.8 Å². The van der Waals surface area contributed by atoms with Crippen molar-refractivity contribution in [3.8, 4) is 0 Å². The van der Waals surface area contributed by atoms with Crippen molar-refractivity contribution in [2.45, 2.75) is 38.6 Å². The fourth-order valence-electron chi connectivity index (χ4n) is 1.78. The molecule has 2 aromatic rings. The first-order valence-electron chi connectivity index (χ1n) is 6.41. The quantitative estimate of drug-likeness (QED) is 0.628. The molecule has 0 amide bonds. The summed E-state index contributed by atoms with van der Waals surface area (Å²) in [6.07, 6.45) is 0.927. The number of hydrogen-bond donors (Lipinski definition) is 1. The molecule has 0 saturated carbocycles. The Balaban J connectivity index is 2.03. The second-order valence-electron chi connectivity index (χ2n) is 4.33. The van der Waals surface area contributed by atoms with Crippen LogP contribution in [0.15, 0.2) is 17.3 Å². The van der Waals surface area contributed by atoms with E-state index in [9.17, 15) is 9.90 Å². The van der Waals surface area contributed by atoms with Gasteiger partial charge in [0.2, 0.25) is 0 Å². The van der Waals surface area contributed by atoms with Crippen molar-refractivity contribution in [3.05, 3.63) is 27.7 Å². The highest BCUT2D eigenvalue weighted by Gasteiger charge is 2.14. The van der Waals surface area contributed by atoms with Crippen molar-refractivity contribution in [2.75, 3.05) is 5.75 Å². The number of ketones is 1. The molecule has 7 heteroatoms. The molecule has 0 aliphatic rings. The lowest BCUT2D eigenvalue weighted by Crippen LogP contribution is -2.06. The molecule has 2 heterocycles. The summed E-state index contributed by atoms with van der Waals surface area (Å²) in [4.78, 5) is 14.0. The predicted octanol–water partition coefficient (Wildman–Crippen LogP) is 2.53. The van der Waals surface area contributed by atoms with Crippen LogP contribution in [0.25, 0.3) is 0 Å². The molecule has 2 rings (SSSR count). The molecular formula is C13H17N3O2S2. The highest BCUT2D eigenvalue weighted by molar-refractivity contribution is 7.99. The minimum atomic E-state index is -0.133. The van der Waals surface area contributed by atoms with E-state index in [0.717, 1.165) is 22.7 Å². The highest BCUT2D eigenvalue weighted by atomic mass is 32.2. The summed E-state index contributed by atoms with van der Waals surface area (Å²) in [5, 5.41) is 17.9. The first kappa shape index (κ1) is 15.2. The minimum absolute atomic E-state index is 0.102. The van der Waals surface area contributed by atoms with Crippen LogP contribution in [0, 0.1) is 6.92 Å². The molecule has 1 N–H and O–H groups in total. The van der Waals surface area contributed by atoms with Crippen LogP contribution >= 0.6 is 23.1 Å². The Bertz CT molecular complexity index is 592. The van der Waals surface area contributed by atoms with E-state index in [-0.39, 0.29) is 12.4 Å². The first-order valence-corrected chi connectivity index (χ1v) is 8.21. The number of rotatable bonds is 7. The lowest BCUT2D eigenvalue weighted by atomic mass is 10.3. The van der Waals surface area contributed by atoms with Gasteiger partial charge >= 0.3 is 0 Å². The van der Waals surface area contributed by atoms with Crippen molar-refractivity contribution in [3.63, 3.8) is 0 Å². The molecule has 20 heavy (non-hydrogen) atoms. The Kier molecular flexibility index (Phi) is 5.33. The van der Waals surface area contributed by atoms with Gasteiger partial charge < -0.3 is 9.67 Å². The van der Waals surface area contributed by atoms with Gasteiger partial charge in [-0.25, -0.2) is 0 Å². The fourth-order valence-corrected chi connectivity index (χ4v) is 3.54. The number of aromatic nitrogens is 3. The Morgan fingerprint density at radius 1 is 1.45 bits per heavy atom.